The Balaban J connectivity index is 1.78. The predicted molar refractivity (Wildman–Crippen MR) is 110 cm³/mol. The first-order chi connectivity index (χ1) is 13.8. The van der Waals surface area contributed by atoms with E-state index in [-0.39, 0.29) is 11.2 Å². The van der Waals surface area contributed by atoms with Gasteiger partial charge in [0.2, 0.25) is 0 Å². The summed E-state index contributed by atoms with van der Waals surface area (Å²) >= 11 is 8.62. The average molecular weight is 455 g/mol. The fraction of sp³-hybridized carbons (Fsp3) is 0.200. The first kappa shape index (κ1) is 20.4. The Labute approximate surface area is 178 Å². The maximum Gasteiger partial charge on any atom is 0.416 e. The van der Waals surface area contributed by atoms with E-state index in [1.54, 1.807) is 12.1 Å². The van der Waals surface area contributed by atoms with Crippen LogP contribution in [0.25, 0.3) is 5.69 Å². The number of aryl methyl sites for hydroxylation is 1. The van der Waals surface area contributed by atoms with Gasteiger partial charge in [0.25, 0.3) is 5.56 Å². The molecule has 1 aliphatic heterocycles. The summed E-state index contributed by atoms with van der Waals surface area (Å²) in [6.45, 7) is 0. The summed E-state index contributed by atoms with van der Waals surface area (Å²) in [6.07, 6.45) is -3.82. The number of nitrogens with zero attached hydrogens (tertiary/aromatic N) is 2. The van der Waals surface area contributed by atoms with Crippen LogP contribution in [-0.4, -0.2) is 15.3 Å². The van der Waals surface area contributed by atoms with E-state index >= 15 is 0 Å². The molecule has 0 fully saturated rings. The monoisotopic (exact) mass is 454 g/mol. The van der Waals surface area contributed by atoms with Crippen LogP contribution in [0, 0.1) is 0 Å². The number of hydrogen-bond acceptors (Lipinski definition) is 4. The van der Waals surface area contributed by atoms with E-state index in [9.17, 15) is 18.0 Å². The van der Waals surface area contributed by atoms with Gasteiger partial charge in [-0.3, -0.25) is 9.36 Å². The number of benzene rings is 2. The average Bonchev–Trinajstić information content (AvgIpc) is 3.16. The number of hydrogen-bond donors (Lipinski definition) is 0. The summed E-state index contributed by atoms with van der Waals surface area (Å²) in [5.41, 5.74) is 0.714. The molecule has 2 aromatic carbocycles. The summed E-state index contributed by atoms with van der Waals surface area (Å²) in [7, 11) is 0. The molecule has 0 spiro atoms. The molecule has 0 radical (unpaired) electrons. The predicted octanol–water partition coefficient (Wildman–Crippen LogP) is 5.85. The second-order valence-corrected chi connectivity index (χ2v) is 8.86. The number of thioether (sulfide) groups is 2. The third kappa shape index (κ3) is 4.34. The largest absolute Gasteiger partial charge is 0.416 e. The SMILES string of the molecule is O=c1c2c(nc(SCc3ccc(Cl)cc3)n1-c1cccc(C(F)(F)F)c1)CCS2. The highest BCUT2D eigenvalue weighted by molar-refractivity contribution is 7.99. The topological polar surface area (TPSA) is 34.9 Å². The molecule has 9 heteroatoms. The second kappa shape index (κ2) is 8.08. The summed E-state index contributed by atoms with van der Waals surface area (Å²) in [4.78, 5) is 18.2. The minimum absolute atomic E-state index is 0.159. The smallest absolute Gasteiger partial charge is 0.268 e. The van der Waals surface area contributed by atoms with Crippen molar-refractivity contribution in [2.75, 3.05) is 5.75 Å². The lowest BCUT2D eigenvalue weighted by Crippen LogP contribution is -2.24. The molecule has 0 atom stereocenters. The van der Waals surface area contributed by atoms with Crippen molar-refractivity contribution in [3.63, 3.8) is 0 Å². The molecule has 0 amide bonds. The van der Waals surface area contributed by atoms with Crippen LogP contribution in [-0.2, 0) is 18.3 Å². The first-order valence-electron chi connectivity index (χ1n) is 8.66. The van der Waals surface area contributed by atoms with Gasteiger partial charge in [-0.15, -0.1) is 11.8 Å². The van der Waals surface area contributed by atoms with Gasteiger partial charge >= 0.3 is 6.18 Å². The van der Waals surface area contributed by atoms with Crippen LogP contribution in [0.4, 0.5) is 13.2 Å². The van der Waals surface area contributed by atoms with E-state index in [1.807, 2.05) is 12.1 Å². The maximum absolute atomic E-state index is 13.2. The molecule has 3 aromatic rings. The Hall–Kier alpha value is -1.90. The second-order valence-electron chi connectivity index (χ2n) is 6.37. The lowest BCUT2D eigenvalue weighted by atomic mass is 10.2. The van der Waals surface area contributed by atoms with Gasteiger partial charge in [0.1, 0.15) is 0 Å². The third-order valence-electron chi connectivity index (χ3n) is 4.38. The van der Waals surface area contributed by atoms with Gasteiger partial charge in [0, 0.05) is 22.9 Å². The molecule has 150 valence electrons. The molecule has 0 aliphatic carbocycles. The Kier molecular flexibility index (Phi) is 5.68. The molecule has 1 aromatic heterocycles. The van der Waals surface area contributed by atoms with E-state index in [2.05, 4.69) is 4.98 Å². The number of halogens is 4. The van der Waals surface area contributed by atoms with Crippen LogP contribution in [0.15, 0.2) is 63.4 Å². The zero-order valence-corrected chi connectivity index (χ0v) is 17.3. The highest BCUT2D eigenvalue weighted by Gasteiger charge is 2.31. The van der Waals surface area contributed by atoms with E-state index in [0.29, 0.717) is 32.9 Å². The highest BCUT2D eigenvalue weighted by atomic mass is 35.5. The van der Waals surface area contributed by atoms with E-state index in [0.717, 1.165) is 23.4 Å². The minimum Gasteiger partial charge on any atom is -0.268 e. The molecular formula is C20H14ClF3N2OS2. The quantitative estimate of drug-likeness (QED) is 0.366. The van der Waals surface area contributed by atoms with Crippen LogP contribution in [0.2, 0.25) is 5.02 Å². The van der Waals surface area contributed by atoms with E-state index in [1.165, 1.54) is 40.2 Å². The molecule has 0 N–H and O–H groups in total. The lowest BCUT2D eigenvalue weighted by molar-refractivity contribution is -0.137. The van der Waals surface area contributed by atoms with Crippen LogP contribution in [0.1, 0.15) is 16.8 Å². The molecule has 0 unspecified atom stereocenters. The van der Waals surface area contributed by atoms with Crippen LogP contribution in [0.5, 0.6) is 0 Å². The van der Waals surface area contributed by atoms with Gasteiger partial charge in [0.15, 0.2) is 5.16 Å². The van der Waals surface area contributed by atoms with Crippen molar-refractivity contribution in [2.24, 2.45) is 0 Å². The molecule has 4 rings (SSSR count). The van der Waals surface area contributed by atoms with Gasteiger partial charge in [0.05, 0.1) is 21.8 Å². The standard InChI is InChI=1S/C20H14ClF3N2OS2/c21-14-6-4-12(5-7-14)11-29-19-25-16-8-9-28-17(16)18(27)26(19)15-3-1-2-13(10-15)20(22,23)24/h1-7,10H,8-9,11H2. The Morgan fingerprint density at radius 2 is 1.93 bits per heavy atom. The van der Waals surface area contributed by atoms with Crippen LogP contribution in [0.3, 0.4) is 0 Å². The summed E-state index contributed by atoms with van der Waals surface area (Å²) < 4.78 is 40.8. The van der Waals surface area contributed by atoms with Gasteiger partial charge in [-0.05, 0) is 35.9 Å². The van der Waals surface area contributed by atoms with Gasteiger partial charge < -0.3 is 0 Å². The van der Waals surface area contributed by atoms with Gasteiger partial charge in [-0.2, -0.15) is 13.2 Å². The Bertz CT molecular complexity index is 1110. The molecule has 0 saturated carbocycles. The summed E-state index contributed by atoms with van der Waals surface area (Å²) in [5, 5.41) is 0.998. The van der Waals surface area contributed by atoms with Crippen molar-refractivity contribution in [1.29, 1.82) is 0 Å². The van der Waals surface area contributed by atoms with Crippen molar-refractivity contribution >= 4 is 35.1 Å². The fourth-order valence-corrected chi connectivity index (χ4v) is 5.10. The Morgan fingerprint density at radius 1 is 1.17 bits per heavy atom. The van der Waals surface area contributed by atoms with Crippen molar-refractivity contribution in [2.45, 2.75) is 28.4 Å². The van der Waals surface area contributed by atoms with Crippen molar-refractivity contribution in [3.05, 3.63) is 80.7 Å². The summed E-state index contributed by atoms with van der Waals surface area (Å²) in [5.74, 6) is 1.25. The van der Waals surface area contributed by atoms with Crippen molar-refractivity contribution in [3.8, 4) is 5.69 Å². The zero-order chi connectivity index (χ0) is 20.6. The first-order valence-corrected chi connectivity index (χ1v) is 11.0. The number of alkyl halides is 3. The van der Waals surface area contributed by atoms with Crippen molar-refractivity contribution in [1.82, 2.24) is 9.55 Å². The van der Waals surface area contributed by atoms with Gasteiger partial charge in [-0.1, -0.05) is 41.6 Å². The molecule has 0 bridgehead atoms. The summed E-state index contributed by atoms with van der Waals surface area (Å²) in [6, 6.07) is 12.0. The highest BCUT2D eigenvalue weighted by Crippen LogP contribution is 2.33. The number of fused-ring (bicyclic) bond motifs is 1. The normalized spacial score (nSPS) is 13.5. The number of aromatic nitrogens is 2. The van der Waals surface area contributed by atoms with Crippen LogP contribution >= 0.6 is 35.1 Å². The van der Waals surface area contributed by atoms with E-state index in [4.69, 9.17) is 11.6 Å². The van der Waals surface area contributed by atoms with E-state index < -0.39 is 11.7 Å². The molecule has 0 saturated heterocycles. The third-order valence-corrected chi connectivity index (χ3v) is 6.75. The Morgan fingerprint density at radius 3 is 2.66 bits per heavy atom. The van der Waals surface area contributed by atoms with Gasteiger partial charge in [-0.25, -0.2) is 4.98 Å². The zero-order valence-electron chi connectivity index (χ0n) is 14.9. The lowest BCUT2D eigenvalue weighted by Gasteiger charge is -2.15. The minimum atomic E-state index is -4.49. The fourth-order valence-electron chi connectivity index (χ4n) is 2.97. The number of rotatable bonds is 4. The molecule has 2 heterocycles. The maximum atomic E-state index is 13.2. The molecular weight excluding hydrogens is 441 g/mol. The van der Waals surface area contributed by atoms with Crippen molar-refractivity contribution < 1.29 is 13.2 Å². The molecule has 1 aliphatic rings. The molecule has 29 heavy (non-hydrogen) atoms. The molecule has 3 nitrogen and oxygen atoms in total. The van der Waals surface area contributed by atoms with Crippen LogP contribution < -0.4 is 5.56 Å².